The molecule has 1 aliphatic heterocycles. The van der Waals surface area contributed by atoms with Crippen LogP contribution in [0.5, 0.6) is 0 Å². The summed E-state index contributed by atoms with van der Waals surface area (Å²) < 4.78 is 11.3. The van der Waals surface area contributed by atoms with Crippen LogP contribution in [-0.2, 0) is 22.3 Å². The lowest BCUT2D eigenvalue weighted by Crippen LogP contribution is -2.26. The molecule has 0 radical (unpaired) electrons. The number of nitriles is 3. The Balaban J connectivity index is 2.08. The van der Waals surface area contributed by atoms with Gasteiger partial charge in [0.1, 0.15) is 29.4 Å². The van der Waals surface area contributed by atoms with Gasteiger partial charge >= 0.3 is 0 Å². The number of rotatable bonds is 19. The van der Waals surface area contributed by atoms with Crippen LogP contribution in [0, 0.1) is 34.0 Å². The summed E-state index contributed by atoms with van der Waals surface area (Å²) >= 11 is 1.80. The van der Waals surface area contributed by atoms with E-state index in [4.69, 9.17) is 9.47 Å². The molecule has 1 aliphatic rings. The molecule has 2 heterocycles. The maximum absolute atomic E-state index is 10.1. The van der Waals surface area contributed by atoms with Crippen molar-refractivity contribution in [1.82, 2.24) is 0 Å². The summed E-state index contributed by atoms with van der Waals surface area (Å²) in [5.74, 6) is 0.0742. The second-order valence-electron chi connectivity index (χ2n) is 12.7. The van der Waals surface area contributed by atoms with E-state index in [-0.39, 0.29) is 16.9 Å². The molecule has 0 fully saturated rings. The molecule has 1 aromatic heterocycles. The van der Waals surface area contributed by atoms with Gasteiger partial charge in [0.2, 0.25) is 0 Å². The van der Waals surface area contributed by atoms with Crippen molar-refractivity contribution in [3.8, 4) is 18.2 Å². The van der Waals surface area contributed by atoms with Crippen molar-refractivity contribution in [2.45, 2.75) is 104 Å². The maximum atomic E-state index is 10.1. The maximum Gasteiger partial charge on any atom is 0.172 e. The highest BCUT2D eigenvalue weighted by Gasteiger charge is 2.38. The van der Waals surface area contributed by atoms with Crippen LogP contribution in [-0.4, -0.2) is 32.4 Å². The number of nitrogens with zero attached hydrogens (tertiary/aromatic N) is 4. The highest BCUT2D eigenvalue weighted by molar-refractivity contribution is 7.14. The number of allylic oxidation sites excluding steroid dienone is 2. The van der Waals surface area contributed by atoms with E-state index in [0.717, 1.165) is 44.3 Å². The summed E-state index contributed by atoms with van der Waals surface area (Å²) in [6.07, 6.45) is 20.2. The predicted octanol–water partition coefficient (Wildman–Crippen LogP) is 10.6. The van der Waals surface area contributed by atoms with E-state index in [1.54, 1.807) is 18.4 Å². The molecule has 0 aliphatic carbocycles. The number of ether oxygens (including phenoxy) is 2. The zero-order valence-electron chi connectivity index (χ0n) is 29.8. The van der Waals surface area contributed by atoms with Crippen LogP contribution in [0.2, 0.25) is 0 Å². The molecule has 48 heavy (non-hydrogen) atoms. The first-order valence-corrected chi connectivity index (χ1v) is 18.3. The smallest absolute Gasteiger partial charge is 0.172 e. The van der Waals surface area contributed by atoms with Gasteiger partial charge in [-0.25, -0.2) is 0 Å². The Labute approximate surface area is 293 Å². The van der Waals surface area contributed by atoms with Gasteiger partial charge in [0.15, 0.2) is 11.3 Å². The number of methoxy groups -OCH3 is 1. The van der Waals surface area contributed by atoms with Crippen molar-refractivity contribution in [2.75, 3.05) is 31.7 Å². The Morgan fingerprint density at radius 3 is 1.92 bits per heavy atom. The molecule has 1 aromatic carbocycles. The lowest BCUT2D eigenvalue weighted by atomic mass is 9.93. The van der Waals surface area contributed by atoms with Crippen molar-refractivity contribution in [2.24, 2.45) is 0 Å². The first-order valence-electron chi connectivity index (χ1n) is 17.5. The van der Waals surface area contributed by atoms with E-state index in [9.17, 15) is 15.8 Å². The van der Waals surface area contributed by atoms with Gasteiger partial charge in [0.25, 0.3) is 0 Å². The third-order valence-corrected chi connectivity index (χ3v) is 10.0. The summed E-state index contributed by atoms with van der Waals surface area (Å²) in [7, 11) is 1.74. The Morgan fingerprint density at radius 1 is 0.833 bits per heavy atom. The fraction of sp³-hybridized carbons (Fsp3) is 0.488. The van der Waals surface area contributed by atoms with Gasteiger partial charge in [-0.2, -0.15) is 15.8 Å². The molecule has 0 spiro atoms. The van der Waals surface area contributed by atoms with Crippen LogP contribution in [0.25, 0.3) is 18.2 Å². The van der Waals surface area contributed by atoms with Gasteiger partial charge in [-0.1, -0.05) is 76.7 Å². The molecule has 0 N–H and O–H groups in total. The van der Waals surface area contributed by atoms with Gasteiger partial charge < -0.3 is 14.4 Å². The molecule has 0 saturated heterocycles. The largest absolute Gasteiger partial charge is 0.480 e. The minimum atomic E-state index is -0.844. The first-order chi connectivity index (χ1) is 23.3. The van der Waals surface area contributed by atoms with E-state index >= 15 is 0 Å². The fourth-order valence-electron chi connectivity index (χ4n) is 6.09. The quantitative estimate of drug-likeness (QED) is 0.110. The average molecular weight is 665 g/mol. The standard InChI is InChI=1S/C41H52N4O2S/c1-7-10-12-14-16-34-35(17-15-13-11-8-2)39(25-23-37-36(30-44)40(32(28-42)29-43)47-41(37,4)5)48-38(34)24-20-31-18-21-33(22-19-31)45(9-3)26-27-46-6/h18-25H,7-17,26-27H2,1-6H3/b24-20+,25-23+. The number of hydrogen-bond acceptors (Lipinski definition) is 7. The van der Waals surface area contributed by atoms with Gasteiger partial charge in [-0.3, -0.25) is 0 Å². The first kappa shape index (κ1) is 38.4. The number of thiophene rings is 1. The number of hydrogen-bond donors (Lipinski definition) is 0. The summed E-state index contributed by atoms with van der Waals surface area (Å²) in [6, 6.07) is 14.7. The second kappa shape index (κ2) is 19.7. The monoisotopic (exact) mass is 664 g/mol. The van der Waals surface area contributed by atoms with Crippen LogP contribution in [0.15, 0.2) is 52.8 Å². The summed E-state index contributed by atoms with van der Waals surface area (Å²) in [4.78, 5) is 4.80. The molecule has 0 atom stereocenters. The molecule has 0 saturated carbocycles. The Bertz CT molecular complexity index is 1590. The number of anilines is 1. The summed E-state index contributed by atoms with van der Waals surface area (Å²) in [5, 5.41) is 29.1. The van der Waals surface area contributed by atoms with Gasteiger partial charge in [0, 0.05) is 41.2 Å². The van der Waals surface area contributed by atoms with Crippen LogP contribution >= 0.6 is 11.3 Å². The number of likely N-dealkylation sites (N-methyl/N-ethyl adjacent to an activating group) is 1. The molecule has 254 valence electrons. The highest BCUT2D eigenvalue weighted by atomic mass is 32.1. The van der Waals surface area contributed by atoms with Gasteiger partial charge in [-0.15, -0.1) is 11.3 Å². The van der Waals surface area contributed by atoms with Crippen molar-refractivity contribution >= 4 is 35.3 Å². The van der Waals surface area contributed by atoms with Crippen molar-refractivity contribution in [3.63, 3.8) is 0 Å². The van der Waals surface area contributed by atoms with Gasteiger partial charge in [-0.05, 0) is 87.4 Å². The normalized spacial score (nSPS) is 13.9. The Kier molecular flexibility index (Phi) is 15.7. The van der Waals surface area contributed by atoms with Crippen LogP contribution in [0.4, 0.5) is 5.69 Å². The lowest BCUT2D eigenvalue weighted by Gasteiger charge is -2.22. The summed E-state index contributed by atoms with van der Waals surface area (Å²) in [6.45, 7) is 12.9. The van der Waals surface area contributed by atoms with Crippen LogP contribution < -0.4 is 4.90 Å². The topological polar surface area (TPSA) is 93.1 Å². The zero-order valence-corrected chi connectivity index (χ0v) is 30.6. The van der Waals surface area contributed by atoms with E-state index in [1.807, 2.05) is 32.1 Å². The molecule has 0 bridgehead atoms. The lowest BCUT2D eigenvalue weighted by molar-refractivity contribution is 0.0954. The van der Waals surface area contributed by atoms with E-state index < -0.39 is 5.60 Å². The molecule has 0 amide bonds. The Morgan fingerprint density at radius 2 is 1.42 bits per heavy atom. The summed E-state index contributed by atoms with van der Waals surface area (Å²) in [5.41, 5.74) is 5.10. The average Bonchev–Trinajstić information content (AvgIpc) is 3.55. The van der Waals surface area contributed by atoms with Crippen LogP contribution in [0.3, 0.4) is 0 Å². The van der Waals surface area contributed by atoms with E-state index in [1.165, 1.54) is 65.1 Å². The minimum absolute atomic E-state index is 0.0742. The second-order valence-corrected chi connectivity index (χ2v) is 13.8. The third kappa shape index (κ3) is 10.2. The Hall–Kier alpha value is -4.09. The van der Waals surface area contributed by atoms with Crippen molar-refractivity contribution < 1.29 is 9.47 Å². The van der Waals surface area contributed by atoms with E-state index in [2.05, 4.69) is 74.2 Å². The molecular weight excluding hydrogens is 613 g/mol. The van der Waals surface area contributed by atoms with Crippen LogP contribution in [0.1, 0.15) is 112 Å². The predicted molar refractivity (Wildman–Crippen MR) is 200 cm³/mol. The molecule has 6 nitrogen and oxygen atoms in total. The zero-order chi connectivity index (χ0) is 34.9. The molecule has 2 aromatic rings. The molecule has 0 unspecified atom stereocenters. The van der Waals surface area contributed by atoms with Crippen molar-refractivity contribution in [1.29, 1.82) is 15.8 Å². The third-order valence-electron chi connectivity index (χ3n) is 8.84. The molecular formula is C41H52N4O2S. The number of unbranched alkanes of at least 4 members (excludes halogenated alkanes) is 6. The number of benzene rings is 1. The SMILES string of the molecule is CCCCCCc1c(/C=C/C2=C(C#N)C(=C(C#N)C#N)OC2(C)C)sc(/C=C/c2ccc(N(CC)CCOC)cc2)c1CCCCCC. The molecule has 7 heteroatoms. The minimum Gasteiger partial charge on any atom is -0.480 e. The highest BCUT2D eigenvalue weighted by Crippen LogP contribution is 2.41. The fourth-order valence-corrected chi connectivity index (χ4v) is 7.30. The van der Waals surface area contributed by atoms with Gasteiger partial charge in [0.05, 0.1) is 6.61 Å². The molecule has 3 rings (SSSR count). The van der Waals surface area contributed by atoms with Crippen molar-refractivity contribution in [3.05, 3.63) is 79.3 Å². The van der Waals surface area contributed by atoms with E-state index in [0.29, 0.717) is 12.2 Å².